The Labute approximate surface area is 93.7 Å². The molecule has 2 rings (SSSR count). The van der Waals surface area contributed by atoms with Gasteiger partial charge < -0.3 is 5.11 Å². The summed E-state index contributed by atoms with van der Waals surface area (Å²) in [4.78, 5) is 18.3. The third kappa shape index (κ3) is 1.40. The number of carbonyl (C=O) groups is 1. The molecule has 7 heteroatoms. The summed E-state index contributed by atoms with van der Waals surface area (Å²) in [5, 5.41) is 8.77. The summed E-state index contributed by atoms with van der Waals surface area (Å²) in [6.07, 6.45) is 1.36. The van der Waals surface area contributed by atoms with Crippen LogP contribution in [0, 0.1) is 0 Å². The molecule has 88 valence electrons. The third-order valence-corrected chi connectivity index (χ3v) is 5.34. The zero-order valence-electron chi connectivity index (χ0n) is 8.84. The van der Waals surface area contributed by atoms with Crippen LogP contribution in [0.2, 0.25) is 0 Å². The largest absolute Gasteiger partial charge is 0.475 e. The summed E-state index contributed by atoms with van der Waals surface area (Å²) in [7, 11) is -2.82. The van der Waals surface area contributed by atoms with Crippen LogP contribution < -0.4 is 0 Å². The van der Waals surface area contributed by atoms with Gasteiger partial charge in [0.1, 0.15) is 0 Å². The summed E-state index contributed by atoms with van der Waals surface area (Å²) in [6.45, 7) is 3.29. The van der Waals surface area contributed by atoms with Gasteiger partial charge in [-0.05, 0) is 13.8 Å². The molecule has 0 radical (unpaired) electrons. The monoisotopic (exact) mass is 244 g/mol. The molecule has 1 aliphatic rings. The van der Waals surface area contributed by atoms with E-state index in [0.717, 1.165) is 0 Å². The van der Waals surface area contributed by atoms with Crippen LogP contribution in [-0.4, -0.2) is 30.1 Å². The second kappa shape index (κ2) is 3.16. The average Bonchev–Trinajstić information content (AvgIpc) is 2.33. The van der Waals surface area contributed by atoms with Crippen molar-refractivity contribution in [3.8, 4) is 0 Å². The van der Waals surface area contributed by atoms with Crippen LogP contribution in [0.4, 0.5) is 0 Å². The number of aromatic nitrogens is 2. The van der Waals surface area contributed by atoms with E-state index >= 15 is 0 Å². The Morgan fingerprint density at radius 2 is 2.12 bits per heavy atom. The lowest BCUT2D eigenvalue weighted by Crippen LogP contribution is -2.22. The normalized spacial score (nSPS) is 22.5. The van der Waals surface area contributed by atoms with Gasteiger partial charge in [-0.2, -0.15) is 10.6 Å². The number of rotatable bonds is 1. The average molecular weight is 244 g/mol. The molecule has 0 atom stereocenters. The topological polar surface area (TPSA) is 104 Å². The molecule has 0 aromatic carbocycles. The van der Waals surface area contributed by atoms with Gasteiger partial charge >= 0.3 is 5.97 Å². The minimum Gasteiger partial charge on any atom is -0.475 e. The second-order valence-electron chi connectivity index (χ2n) is 4.19. The number of fused-ring (bicyclic) bond motifs is 1. The molecule has 1 aromatic heterocycles. The van der Waals surface area contributed by atoms with E-state index in [1.807, 2.05) is 0 Å². The lowest BCUT2D eigenvalue weighted by atomic mass is 10.1. The van der Waals surface area contributed by atoms with Crippen LogP contribution in [0.3, 0.4) is 0 Å². The Balaban J connectivity index is 2.59. The Bertz CT molecular complexity index is 473. The van der Waals surface area contributed by atoms with E-state index in [0.29, 0.717) is 11.3 Å². The number of carboxylic acids is 1. The molecule has 16 heavy (non-hydrogen) atoms. The van der Waals surface area contributed by atoms with Crippen molar-refractivity contribution in [2.45, 2.75) is 24.3 Å². The minimum absolute atomic E-state index is 0.0925. The van der Waals surface area contributed by atoms with Gasteiger partial charge in [-0.1, -0.05) is 0 Å². The van der Waals surface area contributed by atoms with Crippen LogP contribution in [-0.2, 0) is 10.5 Å². The van der Waals surface area contributed by atoms with Crippen molar-refractivity contribution >= 4 is 16.6 Å². The molecule has 0 spiro atoms. The molecular weight excluding hydrogens is 232 g/mol. The number of aromatic carboxylic acids is 1. The first-order valence-corrected chi connectivity index (χ1v) is 6.32. The fourth-order valence-electron chi connectivity index (χ4n) is 1.69. The first-order valence-electron chi connectivity index (χ1n) is 4.61. The molecule has 0 aliphatic carbocycles. The van der Waals surface area contributed by atoms with Crippen molar-refractivity contribution < 1.29 is 19.0 Å². The summed E-state index contributed by atoms with van der Waals surface area (Å²) >= 11 is 0. The predicted octanol–water partition coefficient (Wildman–Crippen LogP) is 1.67. The molecule has 0 unspecified atom stereocenters. The molecule has 0 fully saturated rings. The van der Waals surface area contributed by atoms with Gasteiger partial charge in [0.25, 0.3) is 0 Å². The smallest absolute Gasteiger partial charge is 0.373 e. The van der Waals surface area contributed by atoms with Crippen molar-refractivity contribution in [1.29, 1.82) is 0 Å². The molecule has 0 bridgehead atoms. The highest BCUT2D eigenvalue weighted by molar-refractivity contribution is 8.24. The standard InChI is InChI=1S/C9H12N2O4S/c1-9(2)6-5(4-16(9,14)15)3-10-7(11-6)8(12)13/h3,14-15H,4H2,1-2H3,(H,12,13). The summed E-state index contributed by atoms with van der Waals surface area (Å²) in [5.41, 5.74) is 1.02. The fraction of sp³-hybridized carbons (Fsp3) is 0.444. The first-order chi connectivity index (χ1) is 7.25. The van der Waals surface area contributed by atoms with Crippen molar-refractivity contribution in [2.75, 3.05) is 0 Å². The maximum absolute atomic E-state index is 10.7. The molecular formula is C9H12N2O4S. The number of carboxylic acid groups (broad SMARTS) is 1. The third-order valence-electron chi connectivity index (χ3n) is 2.80. The van der Waals surface area contributed by atoms with E-state index < -0.39 is 21.3 Å². The van der Waals surface area contributed by atoms with Crippen molar-refractivity contribution in [3.05, 3.63) is 23.3 Å². The summed E-state index contributed by atoms with van der Waals surface area (Å²) < 4.78 is 18.9. The van der Waals surface area contributed by atoms with Crippen LogP contribution in [0.5, 0.6) is 0 Å². The Morgan fingerprint density at radius 1 is 1.50 bits per heavy atom. The molecule has 3 N–H and O–H groups in total. The molecule has 1 aromatic rings. The van der Waals surface area contributed by atoms with Crippen molar-refractivity contribution in [3.63, 3.8) is 0 Å². The Hall–Kier alpha value is -1.18. The van der Waals surface area contributed by atoms with E-state index in [1.165, 1.54) is 6.20 Å². The molecule has 1 aliphatic heterocycles. The quantitative estimate of drug-likeness (QED) is 0.694. The van der Waals surface area contributed by atoms with E-state index in [2.05, 4.69) is 9.97 Å². The number of hydrogen-bond donors (Lipinski definition) is 3. The molecule has 0 amide bonds. The highest BCUT2D eigenvalue weighted by Gasteiger charge is 2.45. The van der Waals surface area contributed by atoms with Crippen molar-refractivity contribution in [1.82, 2.24) is 9.97 Å². The maximum atomic E-state index is 10.7. The minimum atomic E-state index is -2.82. The van der Waals surface area contributed by atoms with Crippen molar-refractivity contribution in [2.24, 2.45) is 0 Å². The fourth-order valence-corrected chi connectivity index (χ4v) is 3.18. The molecule has 6 nitrogen and oxygen atoms in total. The van der Waals surface area contributed by atoms with Gasteiger partial charge in [0.15, 0.2) is 0 Å². The van der Waals surface area contributed by atoms with Gasteiger partial charge in [0.2, 0.25) is 5.82 Å². The number of hydrogen-bond acceptors (Lipinski definition) is 5. The zero-order chi connectivity index (χ0) is 12.1. The van der Waals surface area contributed by atoms with Gasteiger partial charge in [-0.25, -0.2) is 14.8 Å². The lowest BCUT2D eigenvalue weighted by Gasteiger charge is -2.40. The maximum Gasteiger partial charge on any atom is 0.373 e. The van der Waals surface area contributed by atoms with Crippen LogP contribution in [0.15, 0.2) is 6.20 Å². The zero-order valence-corrected chi connectivity index (χ0v) is 9.65. The SMILES string of the molecule is CC1(C)c2nc(C(=O)O)ncc2CS1(O)O. The van der Waals surface area contributed by atoms with Gasteiger partial charge in [0.05, 0.1) is 16.2 Å². The second-order valence-corrected chi connectivity index (χ2v) is 6.84. The first kappa shape index (κ1) is 11.3. The van der Waals surface area contributed by atoms with Crippen LogP contribution >= 0.6 is 10.6 Å². The van der Waals surface area contributed by atoms with Crippen LogP contribution in [0.25, 0.3) is 0 Å². The predicted molar refractivity (Wildman–Crippen MR) is 58.6 cm³/mol. The van der Waals surface area contributed by atoms with E-state index in [1.54, 1.807) is 13.8 Å². The van der Waals surface area contributed by atoms with E-state index in [9.17, 15) is 13.9 Å². The van der Waals surface area contributed by atoms with Gasteiger partial charge in [0, 0.05) is 11.8 Å². The summed E-state index contributed by atoms with van der Waals surface area (Å²) in [5.74, 6) is -1.44. The Morgan fingerprint density at radius 3 is 2.69 bits per heavy atom. The van der Waals surface area contributed by atoms with Gasteiger partial charge in [-0.3, -0.25) is 9.11 Å². The number of nitrogens with zero attached hydrogens (tertiary/aromatic N) is 2. The van der Waals surface area contributed by atoms with E-state index in [4.69, 9.17) is 5.11 Å². The molecule has 0 saturated heterocycles. The highest BCUT2D eigenvalue weighted by Crippen LogP contribution is 2.65. The Kier molecular flexibility index (Phi) is 2.23. The van der Waals surface area contributed by atoms with Crippen LogP contribution in [0.1, 0.15) is 35.7 Å². The highest BCUT2D eigenvalue weighted by atomic mass is 32.3. The lowest BCUT2D eigenvalue weighted by molar-refractivity contribution is 0.0683. The molecule has 2 heterocycles. The summed E-state index contributed by atoms with van der Waals surface area (Å²) in [6, 6.07) is 0. The van der Waals surface area contributed by atoms with Gasteiger partial charge in [-0.15, -0.1) is 0 Å². The van der Waals surface area contributed by atoms with E-state index in [-0.39, 0.29) is 11.6 Å². The molecule has 0 saturated carbocycles.